The van der Waals surface area contributed by atoms with Gasteiger partial charge in [0.25, 0.3) is 0 Å². The molecule has 0 aromatic heterocycles. The van der Waals surface area contributed by atoms with E-state index in [1.807, 2.05) is 19.9 Å². The van der Waals surface area contributed by atoms with Gasteiger partial charge in [0.1, 0.15) is 11.8 Å². The average molecular weight is 385 g/mol. The Labute approximate surface area is 153 Å². The summed E-state index contributed by atoms with van der Waals surface area (Å²) < 4.78 is 11.3. The summed E-state index contributed by atoms with van der Waals surface area (Å²) in [5, 5.41) is 4.87. The van der Waals surface area contributed by atoms with Crippen molar-refractivity contribution in [1.82, 2.24) is 10.6 Å². The summed E-state index contributed by atoms with van der Waals surface area (Å²) in [6.45, 7) is 5.08. The maximum Gasteiger partial charge on any atom is 0.347 e. The molecule has 0 aliphatic carbocycles. The van der Waals surface area contributed by atoms with Gasteiger partial charge in [-0.2, -0.15) is 0 Å². The lowest BCUT2D eigenvalue weighted by atomic mass is 10.0. The first-order chi connectivity index (χ1) is 12.0. The highest BCUT2D eigenvalue weighted by atomic mass is 31.2. The molecule has 9 heteroatoms. The number of amides is 2. The summed E-state index contributed by atoms with van der Waals surface area (Å²) in [6, 6.07) is 7.27. The fourth-order valence-corrected chi connectivity index (χ4v) is 2.64. The van der Waals surface area contributed by atoms with E-state index in [0.29, 0.717) is 6.42 Å². The minimum absolute atomic E-state index is 0.181. The molecule has 0 spiro atoms. The van der Waals surface area contributed by atoms with Crippen LogP contribution in [-0.2, 0) is 20.6 Å². The van der Waals surface area contributed by atoms with Gasteiger partial charge in [0.15, 0.2) is 0 Å². The van der Waals surface area contributed by atoms with Gasteiger partial charge < -0.3 is 26.2 Å². The second-order valence-corrected chi connectivity index (χ2v) is 8.71. The molecule has 2 amide bonds. The van der Waals surface area contributed by atoms with Gasteiger partial charge in [0.05, 0.1) is 6.04 Å². The normalized spacial score (nSPS) is 15.2. The molecule has 26 heavy (non-hydrogen) atoms. The number of nitrogens with two attached hydrogens (primary N) is 1. The first-order valence-corrected chi connectivity index (χ1v) is 10.1. The van der Waals surface area contributed by atoms with Gasteiger partial charge >= 0.3 is 7.60 Å². The van der Waals surface area contributed by atoms with Gasteiger partial charge in [-0.05, 0) is 24.8 Å². The molecule has 0 heterocycles. The predicted molar refractivity (Wildman–Crippen MR) is 99.2 cm³/mol. The van der Waals surface area contributed by atoms with E-state index >= 15 is 0 Å². The molecular weight excluding hydrogens is 357 g/mol. The molecule has 146 valence electrons. The maximum absolute atomic E-state index is 12.5. The summed E-state index contributed by atoms with van der Waals surface area (Å²) in [7, 11) is -4.47. The number of carbonyl (C=O) groups is 2. The number of nitrogens with one attached hydrogen (secondary N) is 2. The molecule has 0 fully saturated rings. The second-order valence-electron chi connectivity index (χ2n) is 6.76. The van der Waals surface area contributed by atoms with Crippen LogP contribution in [0.4, 0.5) is 0 Å². The van der Waals surface area contributed by atoms with Crippen molar-refractivity contribution in [2.24, 2.45) is 11.7 Å². The van der Waals surface area contributed by atoms with Crippen LogP contribution in [0.25, 0.3) is 0 Å². The Balaban J connectivity index is 2.89. The molecule has 8 nitrogen and oxygen atoms in total. The Hall–Kier alpha value is -1.73. The van der Waals surface area contributed by atoms with Gasteiger partial charge in [0.2, 0.25) is 11.8 Å². The van der Waals surface area contributed by atoms with Crippen LogP contribution in [0.3, 0.4) is 0 Å². The minimum atomic E-state index is -4.47. The molecular formula is C17H28N3O5P. The van der Waals surface area contributed by atoms with Crippen LogP contribution in [0, 0.1) is 5.92 Å². The van der Waals surface area contributed by atoms with Crippen molar-refractivity contribution in [2.75, 3.05) is 0 Å². The highest BCUT2D eigenvalue weighted by Crippen LogP contribution is 2.39. The number of hydrogen-bond acceptors (Lipinski definition) is 4. The maximum atomic E-state index is 12.5. The van der Waals surface area contributed by atoms with E-state index in [9.17, 15) is 14.2 Å². The number of benzene rings is 1. The van der Waals surface area contributed by atoms with Crippen LogP contribution in [0.5, 0.6) is 0 Å². The third-order valence-corrected chi connectivity index (χ3v) is 4.97. The Morgan fingerprint density at radius 3 is 2.15 bits per heavy atom. The molecule has 0 bridgehead atoms. The predicted octanol–water partition coefficient (Wildman–Crippen LogP) is 0.727. The molecule has 0 saturated heterocycles. The minimum Gasteiger partial charge on any atom is -0.343 e. The van der Waals surface area contributed by atoms with Crippen molar-refractivity contribution < 1.29 is 23.9 Å². The Morgan fingerprint density at radius 2 is 1.65 bits per heavy atom. The van der Waals surface area contributed by atoms with E-state index in [0.717, 1.165) is 5.56 Å². The third-order valence-electron chi connectivity index (χ3n) is 3.83. The summed E-state index contributed by atoms with van der Waals surface area (Å²) in [6.07, 6.45) is 0.644. The summed E-state index contributed by atoms with van der Waals surface area (Å²) in [5.41, 5.74) is 6.66. The Kier molecular flexibility index (Phi) is 8.43. The topological polar surface area (TPSA) is 142 Å². The zero-order valence-corrected chi connectivity index (χ0v) is 16.1. The Morgan fingerprint density at radius 1 is 1.08 bits per heavy atom. The highest BCUT2D eigenvalue weighted by Gasteiger charge is 2.30. The lowest BCUT2D eigenvalue weighted by Crippen LogP contribution is -2.54. The molecule has 0 aliphatic rings. The lowest BCUT2D eigenvalue weighted by molar-refractivity contribution is -0.129. The van der Waals surface area contributed by atoms with Crippen LogP contribution >= 0.6 is 7.60 Å². The fourth-order valence-electron chi connectivity index (χ4n) is 2.34. The van der Waals surface area contributed by atoms with Crippen LogP contribution < -0.4 is 16.4 Å². The molecule has 0 saturated carbocycles. The summed E-state index contributed by atoms with van der Waals surface area (Å²) in [4.78, 5) is 43.1. The molecule has 3 unspecified atom stereocenters. The molecule has 1 rings (SSSR count). The molecule has 1 aromatic carbocycles. The monoisotopic (exact) mass is 385 g/mol. The van der Waals surface area contributed by atoms with E-state index in [1.165, 1.54) is 6.92 Å². The standard InChI is InChI=1S/C17H28N3O5P/c1-11(2)9-14(18)16(21)20-15(10-13-7-5-4-6-8-13)17(22)19-12(3)26(23,24)25/h4-8,11-12,14-15H,9-10,18H2,1-3H3,(H,19,22)(H,20,21)(H2,23,24,25). The third kappa shape index (κ3) is 7.66. The number of hydrogen-bond donors (Lipinski definition) is 5. The largest absolute Gasteiger partial charge is 0.347 e. The molecule has 0 aliphatic heterocycles. The molecule has 3 atom stereocenters. The quantitative estimate of drug-likeness (QED) is 0.397. The zero-order valence-electron chi connectivity index (χ0n) is 15.3. The van der Waals surface area contributed by atoms with Crippen LogP contribution in [0.15, 0.2) is 30.3 Å². The smallest absolute Gasteiger partial charge is 0.343 e. The van der Waals surface area contributed by atoms with Crippen LogP contribution in [-0.4, -0.2) is 39.5 Å². The first kappa shape index (κ1) is 22.3. The van der Waals surface area contributed by atoms with Gasteiger partial charge in [-0.3, -0.25) is 14.2 Å². The molecule has 6 N–H and O–H groups in total. The van der Waals surface area contributed by atoms with E-state index < -0.39 is 37.3 Å². The van der Waals surface area contributed by atoms with Crippen LogP contribution in [0.2, 0.25) is 0 Å². The van der Waals surface area contributed by atoms with Crippen molar-refractivity contribution in [3.63, 3.8) is 0 Å². The van der Waals surface area contributed by atoms with Crippen LogP contribution in [0.1, 0.15) is 32.8 Å². The van der Waals surface area contributed by atoms with E-state index in [1.54, 1.807) is 24.3 Å². The number of rotatable bonds is 9. The average Bonchev–Trinajstić information content (AvgIpc) is 2.53. The lowest BCUT2D eigenvalue weighted by Gasteiger charge is -2.23. The second kappa shape index (κ2) is 9.83. The SMILES string of the molecule is CC(C)CC(N)C(=O)NC(Cc1ccccc1)C(=O)NC(C)P(=O)(O)O. The summed E-state index contributed by atoms with van der Waals surface area (Å²) in [5.74, 6) is -2.28. The van der Waals surface area contributed by atoms with Gasteiger partial charge in [-0.15, -0.1) is 0 Å². The van der Waals surface area contributed by atoms with E-state index in [-0.39, 0.29) is 12.3 Å². The highest BCUT2D eigenvalue weighted by molar-refractivity contribution is 7.52. The molecule has 0 radical (unpaired) electrons. The van der Waals surface area contributed by atoms with Gasteiger partial charge in [-0.1, -0.05) is 44.2 Å². The van der Waals surface area contributed by atoms with Crippen molar-refractivity contribution >= 4 is 19.4 Å². The van der Waals surface area contributed by atoms with Crippen molar-refractivity contribution in [3.05, 3.63) is 35.9 Å². The van der Waals surface area contributed by atoms with Crippen molar-refractivity contribution in [2.45, 2.75) is 51.5 Å². The first-order valence-electron chi connectivity index (χ1n) is 8.46. The number of carbonyl (C=O) groups excluding carboxylic acids is 2. The van der Waals surface area contributed by atoms with E-state index in [2.05, 4.69) is 10.6 Å². The van der Waals surface area contributed by atoms with Gasteiger partial charge in [0, 0.05) is 6.42 Å². The fraction of sp³-hybridized carbons (Fsp3) is 0.529. The summed E-state index contributed by atoms with van der Waals surface area (Å²) >= 11 is 0. The van der Waals surface area contributed by atoms with Gasteiger partial charge in [-0.25, -0.2) is 0 Å². The molecule has 1 aromatic rings. The zero-order chi connectivity index (χ0) is 19.9. The Bertz CT molecular complexity index is 647. The van der Waals surface area contributed by atoms with Crippen molar-refractivity contribution in [3.8, 4) is 0 Å². The van der Waals surface area contributed by atoms with E-state index in [4.69, 9.17) is 15.5 Å². The van der Waals surface area contributed by atoms with Crippen molar-refractivity contribution in [1.29, 1.82) is 0 Å².